The highest BCUT2D eigenvalue weighted by Gasteiger charge is 2.03. The molecule has 0 fully saturated rings. The van der Waals surface area contributed by atoms with Gasteiger partial charge in [-0.25, -0.2) is 0 Å². The van der Waals surface area contributed by atoms with Crippen molar-refractivity contribution in [2.75, 3.05) is 0 Å². The Balaban J connectivity index is 1.90. The Bertz CT molecular complexity index is 136. The molecule has 0 atom stereocenters. The summed E-state index contributed by atoms with van der Waals surface area (Å²) < 4.78 is 0. The van der Waals surface area contributed by atoms with Crippen LogP contribution >= 0.6 is 0 Å². The Morgan fingerprint density at radius 1 is 1.50 bits per heavy atom. The molecule has 1 aliphatic rings. The van der Waals surface area contributed by atoms with E-state index in [1.54, 1.807) is 5.57 Å². The van der Waals surface area contributed by atoms with Crippen LogP contribution in [0, 0.1) is 5.41 Å². The van der Waals surface area contributed by atoms with Crippen molar-refractivity contribution in [2.24, 2.45) is 0 Å². The van der Waals surface area contributed by atoms with Gasteiger partial charge in [0.05, 0.1) is 0 Å². The van der Waals surface area contributed by atoms with Crippen LogP contribution in [0.3, 0.4) is 0 Å². The molecule has 0 aliphatic heterocycles. The van der Waals surface area contributed by atoms with E-state index in [0.717, 1.165) is 6.42 Å². The van der Waals surface area contributed by atoms with Crippen molar-refractivity contribution < 1.29 is 0 Å². The van der Waals surface area contributed by atoms with Gasteiger partial charge in [0.15, 0.2) is 0 Å². The monoisotopic (exact) mass is 137 g/mol. The second-order valence-corrected chi connectivity index (χ2v) is 2.85. The van der Waals surface area contributed by atoms with Gasteiger partial charge in [-0.05, 0) is 44.7 Å². The fourth-order valence-electron chi connectivity index (χ4n) is 1.17. The van der Waals surface area contributed by atoms with E-state index >= 15 is 0 Å². The zero-order valence-corrected chi connectivity index (χ0v) is 6.40. The molecule has 0 aromatic carbocycles. The second-order valence-electron chi connectivity index (χ2n) is 2.85. The van der Waals surface area contributed by atoms with E-state index in [4.69, 9.17) is 5.41 Å². The van der Waals surface area contributed by atoms with E-state index in [1.807, 2.05) is 0 Å². The Labute approximate surface area is 62.6 Å². The molecule has 0 radical (unpaired) electrons. The first kappa shape index (κ1) is 7.52. The predicted molar refractivity (Wildman–Crippen MR) is 44.6 cm³/mol. The quantitative estimate of drug-likeness (QED) is 0.342. The van der Waals surface area contributed by atoms with Gasteiger partial charge in [-0.2, -0.15) is 0 Å². The van der Waals surface area contributed by atoms with E-state index in [9.17, 15) is 0 Å². The maximum atomic E-state index is 6.81. The van der Waals surface area contributed by atoms with Gasteiger partial charge in [-0.3, -0.25) is 0 Å². The third-order valence-corrected chi connectivity index (χ3v) is 1.99. The minimum Gasteiger partial charge on any atom is -0.313 e. The van der Waals surface area contributed by atoms with E-state index in [1.165, 1.54) is 38.3 Å². The van der Waals surface area contributed by atoms with Gasteiger partial charge in [0, 0.05) is 0 Å². The molecule has 1 heteroatoms. The number of nitrogens with one attached hydrogen (secondary N) is 1. The van der Waals surface area contributed by atoms with Gasteiger partial charge in [0.25, 0.3) is 0 Å². The largest absolute Gasteiger partial charge is 0.313 e. The van der Waals surface area contributed by atoms with E-state index < -0.39 is 0 Å². The first-order chi connectivity index (χ1) is 4.93. The normalized spacial score (nSPS) is 15.8. The molecule has 0 saturated heterocycles. The highest BCUT2D eigenvalue weighted by Crippen LogP contribution is 2.23. The maximum Gasteiger partial charge on any atom is -0.00477 e. The highest BCUT2D eigenvalue weighted by molar-refractivity contribution is 5.52. The van der Waals surface area contributed by atoms with Gasteiger partial charge in [-0.15, -0.1) is 0 Å². The maximum absolute atomic E-state index is 6.81. The molecule has 1 aliphatic carbocycles. The Morgan fingerprint density at radius 3 is 2.80 bits per heavy atom. The second kappa shape index (κ2) is 4.26. The third-order valence-electron chi connectivity index (χ3n) is 1.99. The van der Waals surface area contributed by atoms with Crippen LogP contribution in [0.1, 0.15) is 38.5 Å². The summed E-state index contributed by atoms with van der Waals surface area (Å²) in [5, 5.41) is 6.81. The molecular formula is C9H15N. The van der Waals surface area contributed by atoms with E-state index in [0.29, 0.717) is 0 Å². The summed E-state index contributed by atoms with van der Waals surface area (Å²) >= 11 is 0. The average Bonchev–Trinajstić information content (AvgIpc) is 1.84. The Kier molecular flexibility index (Phi) is 3.20. The van der Waals surface area contributed by atoms with Gasteiger partial charge in [0.1, 0.15) is 0 Å². The molecule has 0 heterocycles. The molecule has 0 aromatic heterocycles. The Hall–Kier alpha value is -0.590. The highest BCUT2D eigenvalue weighted by atomic mass is 14.3. The zero-order valence-electron chi connectivity index (χ0n) is 6.40. The van der Waals surface area contributed by atoms with Gasteiger partial charge in [-0.1, -0.05) is 11.6 Å². The van der Waals surface area contributed by atoms with Gasteiger partial charge < -0.3 is 5.41 Å². The lowest BCUT2D eigenvalue weighted by atomic mass is 9.94. The molecule has 0 amide bonds. The van der Waals surface area contributed by atoms with Crippen molar-refractivity contribution >= 4 is 6.21 Å². The molecule has 56 valence electrons. The van der Waals surface area contributed by atoms with Crippen molar-refractivity contribution in [1.82, 2.24) is 0 Å². The van der Waals surface area contributed by atoms with Crippen molar-refractivity contribution in [3.8, 4) is 0 Å². The fourth-order valence-corrected chi connectivity index (χ4v) is 1.17. The summed E-state index contributed by atoms with van der Waals surface area (Å²) in [5.41, 5.74) is 1.64. The fraction of sp³-hybridized carbons (Fsp3) is 0.667. The van der Waals surface area contributed by atoms with E-state index in [2.05, 4.69) is 6.08 Å². The van der Waals surface area contributed by atoms with Crippen LogP contribution in [0.15, 0.2) is 11.6 Å². The zero-order chi connectivity index (χ0) is 7.23. The van der Waals surface area contributed by atoms with Crippen LogP contribution in [0.25, 0.3) is 0 Å². The smallest absolute Gasteiger partial charge is 0.00477 e. The van der Waals surface area contributed by atoms with Crippen LogP contribution in [-0.2, 0) is 0 Å². The summed E-state index contributed by atoms with van der Waals surface area (Å²) in [5.74, 6) is 0. The number of allylic oxidation sites excluding steroid dienone is 2. The Morgan fingerprint density at radius 2 is 2.30 bits per heavy atom. The first-order valence-corrected chi connectivity index (χ1v) is 4.10. The minimum absolute atomic E-state index is 0.966. The van der Waals surface area contributed by atoms with Crippen LogP contribution in [0.4, 0.5) is 0 Å². The molecule has 0 spiro atoms. The van der Waals surface area contributed by atoms with E-state index in [-0.39, 0.29) is 0 Å². The number of unbranched alkanes of at least 4 members (excludes halogenated alkanes) is 2. The number of hydrogen-bond acceptors (Lipinski definition) is 1. The molecule has 10 heavy (non-hydrogen) atoms. The van der Waals surface area contributed by atoms with Crippen LogP contribution in [0.2, 0.25) is 0 Å². The summed E-state index contributed by atoms with van der Waals surface area (Å²) in [4.78, 5) is 0. The lowest BCUT2D eigenvalue weighted by Gasteiger charge is -2.12. The van der Waals surface area contributed by atoms with Crippen LogP contribution in [0.5, 0.6) is 0 Å². The van der Waals surface area contributed by atoms with Crippen molar-refractivity contribution in [3.63, 3.8) is 0 Å². The summed E-state index contributed by atoms with van der Waals surface area (Å²) in [6.07, 6.45) is 11.2. The molecular weight excluding hydrogens is 122 g/mol. The molecule has 0 unspecified atom stereocenters. The number of rotatable bonds is 5. The summed E-state index contributed by atoms with van der Waals surface area (Å²) in [6, 6.07) is 0. The molecule has 0 aromatic rings. The molecule has 1 N–H and O–H groups in total. The third kappa shape index (κ3) is 2.34. The lowest BCUT2D eigenvalue weighted by molar-refractivity contribution is 0.700. The van der Waals surface area contributed by atoms with Crippen molar-refractivity contribution in [2.45, 2.75) is 38.5 Å². The molecule has 1 rings (SSSR count). The van der Waals surface area contributed by atoms with Crippen LogP contribution < -0.4 is 0 Å². The topological polar surface area (TPSA) is 23.9 Å². The molecule has 0 bridgehead atoms. The van der Waals surface area contributed by atoms with Gasteiger partial charge >= 0.3 is 0 Å². The SMILES string of the molecule is N=CCCCCC1=CCC1. The molecule has 1 nitrogen and oxygen atoms in total. The summed E-state index contributed by atoms with van der Waals surface area (Å²) in [6.45, 7) is 0. The summed E-state index contributed by atoms with van der Waals surface area (Å²) in [7, 11) is 0. The standard InChI is InChI=1S/C9H15N/c10-8-3-1-2-5-9-6-4-7-9/h6,8,10H,1-5,7H2. The predicted octanol–water partition coefficient (Wildman–Crippen LogP) is 2.92. The first-order valence-electron chi connectivity index (χ1n) is 4.10. The van der Waals surface area contributed by atoms with Crippen molar-refractivity contribution in [3.05, 3.63) is 11.6 Å². The number of hydrogen-bond donors (Lipinski definition) is 1. The van der Waals surface area contributed by atoms with Gasteiger partial charge in [0.2, 0.25) is 0 Å². The van der Waals surface area contributed by atoms with Crippen LogP contribution in [-0.4, -0.2) is 6.21 Å². The minimum atomic E-state index is 0.966. The molecule has 0 saturated carbocycles. The average molecular weight is 137 g/mol. The van der Waals surface area contributed by atoms with Crippen molar-refractivity contribution in [1.29, 1.82) is 5.41 Å². The lowest BCUT2D eigenvalue weighted by Crippen LogP contribution is -1.93.